The number of ether oxygens (including phenoxy) is 1. The van der Waals surface area contributed by atoms with Gasteiger partial charge in [0.1, 0.15) is 5.75 Å². The molecule has 1 aromatic carbocycles. The van der Waals surface area contributed by atoms with Gasteiger partial charge in [0.05, 0.1) is 18.7 Å². The summed E-state index contributed by atoms with van der Waals surface area (Å²) in [6.07, 6.45) is 0.452. The van der Waals surface area contributed by atoms with Crippen molar-refractivity contribution in [3.05, 3.63) is 29.3 Å². The summed E-state index contributed by atoms with van der Waals surface area (Å²) in [6, 6.07) is 7.45. The van der Waals surface area contributed by atoms with Crippen LogP contribution in [0.5, 0.6) is 5.75 Å². The zero-order valence-electron chi connectivity index (χ0n) is 11.6. The molecule has 0 saturated carbocycles. The normalized spacial score (nSPS) is 10.1. The summed E-state index contributed by atoms with van der Waals surface area (Å²) in [7, 11) is 5.17. The zero-order valence-corrected chi connectivity index (χ0v) is 11.6. The van der Waals surface area contributed by atoms with E-state index in [0.717, 1.165) is 11.3 Å². The lowest BCUT2D eigenvalue weighted by atomic mass is 10.1. The molecule has 0 atom stereocenters. The van der Waals surface area contributed by atoms with Crippen LogP contribution in [-0.4, -0.2) is 38.6 Å². The number of amides is 1. The molecule has 19 heavy (non-hydrogen) atoms. The summed E-state index contributed by atoms with van der Waals surface area (Å²) in [5.41, 5.74) is 1.55. The van der Waals surface area contributed by atoms with Gasteiger partial charge in [-0.1, -0.05) is 0 Å². The summed E-state index contributed by atoms with van der Waals surface area (Å²) >= 11 is 0. The Hall–Kier alpha value is -2.06. The zero-order chi connectivity index (χ0) is 14.3. The second-order valence-electron chi connectivity index (χ2n) is 4.30. The molecule has 1 N–H and O–H groups in total. The van der Waals surface area contributed by atoms with Gasteiger partial charge in [0.15, 0.2) is 0 Å². The molecule has 0 aliphatic rings. The second kappa shape index (κ2) is 7.39. The third-order valence-corrected chi connectivity index (χ3v) is 2.85. The van der Waals surface area contributed by atoms with E-state index in [-0.39, 0.29) is 5.91 Å². The van der Waals surface area contributed by atoms with Crippen LogP contribution in [0.1, 0.15) is 17.5 Å². The van der Waals surface area contributed by atoms with Crippen molar-refractivity contribution in [3.8, 4) is 11.8 Å². The van der Waals surface area contributed by atoms with E-state index in [1.54, 1.807) is 26.3 Å². The first kappa shape index (κ1) is 15.0. The highest BCUT2D eigenvalue weighted by Crippen LogP contribution is 2.21. The van der Waals surface area contributed by atoms with Crippen molar-refractivity contribution in [2.75, 3.05) is 27.7 Å². The standard InChI is InChI=1S/C14H19N3O2/c1-16-14(18)6-7-17(2)10-12-8-11(9-15)4-5-13(12)19-3/h4-5,8H,6-7,10H2,1-3H3,(H,16,18). The Kier molecular flexibility index (Phi) is 5.83. The highest BCUT2D eigenvalue weighted by molar-refractivity contribution is 5.75. The van der Waals surface area contributed by atoms with Gasteiger partial charge in [0.2, 0.25) is 5.91 Å². The molecule has 0 saturated heterocycles. The van der Waals surface area contributed by atoms with Gasteiger partial charge in [-0.3, -0.25) is 4.79 Å². The predicted molar refractivity (Wildman–Crippen MR) is 72.7 cm³/mol. The molecular formula is C14H19N3O2. The number of carbonyl (C=O) groups is 1. The predicted octanol–water partition coefficient (Wildman–Crippen LogP) is 1.13. The molecule has 1 rings (SSSR count). The molecule has 0 bridgehead atoms. The Balaban J connectivity index is 2.69. The van der Waals surface area contributed by atoms with Crippen molar-refractivity contribution in [2.45, 2.75) is 13.0 Å². The van der Waals surface area contributed by atoms with Crippen molar-refractivity contribution in [3.63, 3.8) is 0 Å². The van der Waals surface area contributed by atoms with E-state index in [0.29, 0.717) is 25.1 Å². The number of nitrogens with zero attached hydrogens (tertiary/aromatic N) is 2. The fraction of sp³-hybridized carbons (Fsp3) is 0.429. The van der Waals surface area contributed by atoms with Crippen LogP contribution in [0.3, 0.4) is 0 Å². The number of nitriles is 1. The number of nitrogens with one attached hydrogen (secondary N) is 1. The van der Waals surface area contributed by atoms with Crippen molar-refractivity contribution < 1.29 is 9.53 Å². The van der Waals surface area contributed by atoms with Gasteiger partial charge in [0.25, 0.3) is 0 Å². The van der Waals surface area contributed by atoms with Crippen LogP contribution in [0.2, 0.25) is 0 Å². The molecule has 0 aromatic heterocycles. The lowest BCUT2D eigenvalue weighted by Gasteiger charge is -2.18. The number of hydrogen-bond acceptors (Lipinski definition) is 4. The fourth-order valence-electron chi connectivity index (χ4n) is 1.76. The Labute approximate surface area is 113 Å². The number of benzene rings is 1. The topological polar surface area (TPSA) is 65.4 Å². The van der Waals surface area contributed by atoms with Crippen LogP contribution in [0.15, 0.2) is 18.2 Å². The van der Waals surface area contributed by atoms with E-state index in [1.807, 2.05) is 18.0 Å². The third-order valence-electron chi connectivity index (χ3n) is 2.85. The molecule has 5 heteroatoms. The molecule has 0 fully saturated rings. The van der Waals surface area contributed by atoms with E-state index in [1.165, 1.54) is 0 Å². The van der Waals surface area contributed by atoms with E-state index in [9.17, 15) is 4.79 Å². The molecule has 0 spiro atoms. The Morgan fingerprint density at radius 1 is 1.53 bits per heavy atom. The molecule has 0 radical (unpaired) electrons. The van der Waals surface area contributed by atoms with Gasteiger partial charge in [-0.25, -0.2) is 0 Å². The van der Waals surface area contributed by atoms with Crippen molar-refractivity contribution in [1.82, 2.24) is 10.2 Å². The Morgan fingerprint density at radius 2 is 2.26 bits per heavy atom. The lowest BCUT2D eigenvalue weighted by molar-refractivity contribution is -0.120. The largest absolute Gasteiger partial charge is 0.496 e. The highest BCUT2D eigenvalue weighted by Gasteiger charge is 2.09. The van der Waals surface area contributed by atoms with Crippen LogP contribution in [-0.2, 0) is 11.3 Å². The summed E-state index contributed by atoms with van der Waals surface area (Å²) in [4.78, 5) is 13.2. The van der Waals surface area contributed by atoms with Gasteiger partial charge in [-0.05, 0) is 25.2 Å². The second-order valence-corrected chi connectivity index (χ2v) is 4.30. The molecule has 0 unspecified atom stereocenters. The van der Waals surface area contributed by atoms with E-state index in [2.05, 4.69) is 11.4 Å². The third kappa shape index (κ3) is 4.60. The summed E-state index contributed by atoms with van der Waals surface area (Å²) < 4.78 is 5.28. The first-order valence-electron chi connectivity index (χ1n) is 6.06. The Bertz CT molecular complexity index is 480. The SMILES string of the molecule is CNC(=O)CCN(C)Cc1cc(C#N)ccc1OC. The monoisotopic (exact) mass is 261 g/mol. The molecule has 102 valence electrons. The maximum Gasteiger partial charge on any atom is 0.221 e. The number of rotatable bonds is 6. The first-order valence-corrected chi connectivity index (χ1v) is 6.06. The molecule has 1 amide bonds. The molecule has 1 aromatic rings. The minimum Gasteiger partial charge on any atom is -0.496 e. The maximum atomic E-state index is 11.2. The van der Waals surface area contributed by atoms with Gasteiger partial charge >= 0.3 is 0 Å². The van der Waals surface area contributed by atoms with E-state index >= 15 is 0 Å². The minimum absolute atomic E-state index is 0.0181. The summed E-state index contributed by atoms with van der Waals surface area (Å²) in [5, 5.41) is 11.5. The minimum atomic E-state index is 0.0181. The highest BCUT2D eigenvalue weighted by atomic mass is 16.5. The van der Waals surface area contributed by atoms with Gasteiger partial charge in [0, 0.05) is 32.1 Å². The smallest absolute Gasteiger partial charge is 0.221 e. The van der Waals surface area contributed by atoms with Gasteiger partial charge < -0.3 is 15.0 Å². The van der Waals surface area contributed by atoms with Crippen molar-refractivity contribution >= 4 is 5.91 Å². The van der Waals surface area contributed by atoms with Crippen molar-refractivity contribution in [2.24, 2.45) is 0 Å². The van der Waals surface area contributed by atoms with Crippen molar-refractivity contribution in [1.29, 1.82) is 5.26 Å². The van der Waals surface area contributed by atoms with Crippen LogP contribution >= 0.6 is 0 Å². The van der Waals surface area contributed by atoms with Crippen LogP contribution in [0.4, 0.5) is 0 Å². The molecule has 0 aliphatic heterocycles. The van der Waals surface area contributed by atoms with E-state index in [4.69, 9.17) is 10.00 Å². The molecule has 0 heterocycles. The number of methoxy groups -OCH3 is 1. The van der Waals surface area contributed by atoms with Crippen LogP contribution in [0, 0.1) is 11.3 Å². The van der Waals surface area contributed by atoms with Gasteiger partial charge in [-0.2, -0.15) is 5.26 Å². The molecular weight excluding hydrogens is 242 g/mol. The van der Waals surface area contributed by atoms with E-state index < -0.39 is 0 Å². The maximum absolute atomic E-state index is 11.2. The number of carbonyl (C=O) groups excluding carboxylic acids is 1. The quantitative estimate of drug-likeness (QED) is 0.834. The lowest BCUT2D eigenvalue weighted by Crippen LogP contribution is -2.26. The first-order chi connectivity index (χ1) is 9.10. The van der Waals surface area contributed by atoms with Crippen LogP contribution in [0.25, 0.3) is 0 Å². The fourth-order valence-corrected chi connectivity index (χ4v) is 1.76. The summed E-state index contributed by atoms with van der Waals surface area (Å²) in [6.45, 7) is 1.29. The Morgan fingerprint density at radius 3 is 2.84 bits per heavy atom. The molecule has 0 aliphatic carbocycles. The number of hydrogen-bond donors (Lipinski definition) is 1. The van der Waals surface area contributed by atoms with Gasteiger partial charge in [-0.15, -0.1) is 0 Å². The summed E-state index contributed by atoms with van der Waals surface area (Å²) in [5.74, 6) is 0.774. The average molecular weight is 261 g/mol. The van der Waals surface area contributed by atoms with Crippen LogP contribution < -0.4 is 10.1 Å². The average Bonchev–Trinajstić information content (AvgIpc) is 2.44. The molecule has 5 nitrogen and oxygen atoms in total.